The molecule has 13 heteroatoms. The molecule has 0 radical (unpaired) electrons. The smallest absolute Gasteiger partial charge is 0.434 e. The number of likely N-dealkylation sites (tertiary alicyclic amines) is 1. The molecule has 0 saturated carbocycles. The van der Waals surface area contributed by atoms with Crippen LogP contribution in [0.1, 0.15) is 76.8 Å². The highest BCUT2D eigenvalue weighted by atomic mass is 35.5. The first-order valence-electron chi connectivity index (χ1n) is 14.6. The molecular weight excluding hydrogens is 613 g/mol. The SMILES string of the molecule is CCOC(=O)N1CCC(c2ccc(COc3c(Cl)cccc3C3=CCCC(n4ncc(C(=O)O)c4C(F)(F)F)=N3)cc2C)CC1. The van der Waals surface area contributed by atoms with Gasteiger partial charge in [-0.05, 0) is 67.9 Å². The second-order valence-corrected chi connectivity index (χ2v) is 11.2. The van der Waals surface area contributed by atoms with Crippen LogP contribution in [0.4, 0.5) is 18.0 Å². The first-order chi connectivity index (χ1) is 21.5. The number of aliphatic imine (C=N–C) groups is 1. The molecule has 0 spiro atoms. The summed E-state index contributed by atoms with van der Waals surface area (Å²) < 4.78 is 53.4. The minimum absolute atomic E-state index is 0.0439. The van der Waals surface area contributed by atoms with Gasteiger partial charge in [0.05, 0.1) is 23.5 Å². The number of aryl methyl sites for hydroxylation is 1. The molecule has 238 valence electrons. The summed E-state index contributed by atoms with van der Waals surface area (Å²) >= 11 is 6.53. The number of para-hydroxylation sites is 1. The highest BCUT2D eigenvalue weighted by Gasteiger charge is 2.41. The summed E-state index contributed by atoms with van der Waals surface area (Å²) in [6.45, 7) is 5.65. The Morgan fingerprint density at radius 3 is 2.58 bits per heavy atom. The van der Waals surface area contributed by atoms with Crippen molar-refractivity contribution in [3.8, 4) is 5.75 Å². The van der Waals surface area contributed by atoms with E-state index < -0.39 is 23.4 Å². The Bertz CT molecular complexity index is 1660. The van der Waals surface area contributed by atoms with E-state index in [1.807, 2.05) is 13.0 Å². The number of piperidine rings is 1. The highest BCUT2D eigenvalue weighted by molar-refractivity contribution is 6.32. The lowest BCUT2D eigenvalue weighted by Crippen LogP contribution is -2.38. The van der Waals surface area contributed by atoms with E-state index in [4.69, 9.17) is 21.1 Å². The summed E-state index contributed by atoms with van der Waals surface area (Å²) in [5, 5.41) is 13.3. The number of carboxylic acids is 1. The molecule has 1 amide bonds. The van der Waals surface area contributed by atoms with Gasteiger partial charge in [0.1, 0.15) is 23.8 Å². The fourth-order valence-electron chi connectivity index (χ4n) is 5.76. The Hall–Kier alpha value is -4.32. The lowest BCUT2D eigenvalue weighted by atomic mass is 9.86. The summed E-state index contributed by atoms with van der Waals surface area (Å²) in [5.74, 6) is -1.12. The molecule has 3 aromatic rings. The van der Waals surface area contributed by atoms with Gasteiger partial charge < -0.3 is 19.5 Å². The predicted octanol–water partition coefficient (Wildman–Crippen LogP) is 7.56. The normalized spacial score (nSPS) is 15.8. The molecule has 2 aliphatic heterocycles. The molecule has 2 aromatic carbocycles. The van der Waals surface area contributed by atoms with Gasteiger partial charge in [0.2, 0.25) is 0 Å². The van der Waals surface area contributed by atoms with Gasteiger partial charge >= 0.3 is 18.2 Å². The Morgan fingerprint density at radius 2 is 1.91 bits per heavy atom. The number of carbonyl (C=O) groups is 2. The number of hydrogen-bond acceptors (Lipinski definition) is 6. The van der Waals surface area contributed by atoms with Crippen molar-refractivity contribution < 1.29 is 37.3 Å². The van der Waals surface area contributed by atoms with Gasteiger partial charge in [-0.1, -0.05) is 41.9 Å². The van der Waals surface area contributed by atoms with E-state index in [1.165, 1.54) is 5.56 Å². The van der Waals surface area contributed by atoms with Gasteiger partial charge in [-0.3, -0.25) is 0 Å². The van der Waals surface area contributed by atoms with Gasteiger partial charge in [-0.15, -0.1) is 0 Å². The minimum Gasteiger partial charge on any atom is -0.487 e. The largest absolute Gasteiger partial charge is 0.487 e. The second kappa shape index (κ2) is 13.4. The highest BCUT2D eigenvalue weighted by Crippen LogP contribution is 2.38. The summed E-state index contributed by atoms with van der Waals surface area (Å²) in [6.07, 6.45) is -0.622. The van der Waals surface area contributed by atoms with E-state index in [0.717, 1.165) is 24.0 Å². The number of halogens is 4. The molecule has 5 rings (SSSR count). The van der Waals surface area contributed by atoms with Crippen molar-refractivity contribution in [2.45, 2.75) is 58.2 Å². The van der Waals surface area contributed by atoms with Crippen LogP contribution in [0.5, 0.6) is 5.75 Å². The van der Waals surface area contributed by atoms with E-state index in [2.05, 4.69) is 22.2 Å². The lowest BCUT2D eigenvalue weighted by Gasteiger charge is -2.32. The summed E-state index contributed by atoms with van der Waals surface area (Å²) in [7, 11) is 0. The average Bonchev–Trinajstić information content (AvgIpc) is 3.48. The van der Waals surface area contributed by atoms with Crippen molar-refractivity contribution in [1.29, 1.82) is 0 Å². The topological polar surface area (TPSA) is 106 Å². The maximum atomic E-state index is 13.8. The number of benzene rings is 2. The van der Waals surface area contributed by atoms with Gasteiger partial charge in [0.25, 0.3) is 0 Å². The van der Waals surface area contributed by atoms with Crippen LogP contribution in [0.3, 0.4) is 0 Å². The van der Waals surface area contributed by atoms with Gasteiger partial charge in [0.15, 0.2) is 5.69 Å². The zero-order valence-electron chi connectivity index (χ0n) is 24.7. The molecule has 0 aliphatic carbocycles. The Morgan fingerprint density at radius 1 is 1.16 bits per heavy atom. The zero-order valence-corrected chi connectivity index (χ0v) is 25.5. The van der Waals surface area contributed by atoms with Crippen molar-refractivity contribution in [3.05, 3.63) is 87.2 Å². The van der Waals surface area contributed by atoms with Crippen LogP contribution >= 0.6 is 11.6 Å². The molecule has 1 aromatic heterocycles. The van der Waals surface area contributed by atoms with E-state index in [9.17, 15) is 27.9 Å². The van der Waals surface area contributed by atoms with Crippen LogP contribution in [0.2, 0.25) is 5.02 Å². The van der Waals surface area contributed by atoms with E-state index in [-0.39, 0.29) is 25.0 Å². The number of aromatic nitrogens is 2. The third kappa shape index (κ3) is 7.00. The van der Waals surface area contributed by atoms with E-state index in [0.29, 0.717) is 64.9 Å². The lowest BCUT2D eigenvalue weighted by molar-refractivity contribution is -0.143. The molecular formula is C32H32ClF3N4O5. The number of alkyl halides is 3. The van der Waals surface area contributed by atoms with Gasteiger partial charge in [-0.2, -0.15) is 18.3 Å². The van der Waals surface area contributed by atoms with Gasteiger partial charge in [-0.25, -0.2) is 19.3 Å². The maximum absolute atomic E-state index is 13.8. The summed E-state index contributed by atoms with van der Waals surface area (Å²) in [6, 6.07) is 11.2. The molecule has 1 fully saturated rings. The van der Waals surface area contributed by atoms with E-state index >= 15 is 0 Å². The minimum atomic E-state index is -4.95. The standard InChI is InChI=1S/C32H32ClF3N4O5/c1-3-44-31(43)39-14-12-21(13-15-39)22-11-10-20(16-19(22)2)18-45-28-23(6-4-7-25(28)33)26-8-5-9-27(38-26)40-29(32(34,35)36)24(17-37-40)30(41)42/h4,6-8,10-11,16-17,21H,3,5,9,12-15,18H2,1-2H3,(H,41,42). The fourth-order valence-corrected chi connectivity index (χ4v) is 5.99. The van der Waals surface area contributed by atoms with Crippen molar-refractivity contribution >= 4 is 35.2 Å². The van der Waals surface area contributed by atoms with Crippen molar-refractivity contribution in [1.82, 2.24) is 14.7 Å². The molecule has 9 nitrogen and oxygen atoms in total. The summed E-state index contributed by atoms with van der Waals surface area (Å²) in [4.78, 5) is 29.7. The number of aromatic carboxylic acids is 1. The molecule has 0 bridgehead atoms. The van der Waals surface area contributed by atoms with Crippen LogP contribution in [0.15, 0.2) is 53.7 Å². The predicted molar refractivity (Wildman–Crippen MR) is 162 cm³/mol. The molecule has 45 heavy (non-hydrogen) atoms. The fraction of sp³-hybridized carbons (Fsp3) is 0.375. The molecule has 0 unspecified atom stereocenters. The first-order valence-corrected chi connectivity index (χ1v) is 14.9. The third-order valence-electron chi connectivity index (χ3n) is 7.89. The molecule has 1 N–H and O–H groups in total. The number of carboxylic acid groups (broad SMARTS) is 1. The maximum Gasteiger partial charge on any atom is 0.434 e. The Balaban J connectivity index is 1.33. The first kappa shape index (κ1) is 32.1. The Kier molecular flexibility index (Phi) is 9.52. The average molecular weight is 645 g/mol. The van der Waals surface area contributed by atoms with Crippen LogP contribution in [-0.2, 0) is 17.5 Å². The monoisotopic (exact) mass is 644 g/mol. The van der Waals surface area contributed by atoms with Crippen LogP contribution in [0, 0.1) is 6.92 Å². The second-order valence-electron chi connectivity index (χ2n) is 10.8. The third-order valence-corrected chi connectivity index (χ3v) is 8.19. The van der Waals surface area contributed by atoms with Gasteiger partial charge in [0, 0.05) is 25.1 Å². The number of amides is 1. The van der Waals surface area contributed by atoms with Crippen molar-refractivity contribution in [2.75, 3.05) is 19.7 Å². The number of hydrogen-bond donors (Lipinski definition) is 1. The van der Waals surface area contributed by atoms with Crippen LogP contribution < -0.4 is 4.74 Å². The van der Waals surface area contributed by atoms with E-state index in [1.54, 1.807) is 36.1 Å². The number of rotatable bonds is 7. The quantitative estimate of drug-likeness (QED) is 0.285. The number of carbonyl (C=O) groups excluding carboxylic acids is 1. The number of allylic oxidation sites excluding steroid dienone is 1. The van der Waals surface area contributed by atoms with Crippen LogP contribution in [-0.4, -0.2) is 57.4 Å². The Labute approximate surface area is 262 Å². The molecule has 0 atom stereocenters. The zero-order chi connectivity index (χ0) is 32.3. The van der Waals surface area contributed by atoms with Crippen molar-refractivity contribution in [2.24, 2.45) is 4.99 Å². The van der Waals surface area contributed by atoms with Crippen molar-refractivity contribution in [3.63, 3.8) is 0 Å². The molecule has 3 heterocycles. The number of nitrogens with zero attached hydrogens (tertiary/aromatic N) is 4. The molecule has 2 aliphatic rings. The van der Waals surface area contributed by atoms with Crippen LogP contribution in [0.25, 0.3) is 5.70 Å². The summed E-state index contributed by atoms with van der Waals surface area (Å²) in [5.41, 5.74) is 1.72. The molecule has 1 saturated heterocycles. The number of ether oxygens (including phenoxy) is 2.